The summed E-state index contributed by atoms with van der Waals surface area (Å²) in [4.78, 5) is 15.0. The Balaban J connectivity index is 1.50. The van der Waals surface area contributed by atoms with Crippen LogP contribution in [0.4, 0.5) is 0 Å². The summed E-state index contributed by atoms with van der Waals surface area (Å²) in [6.45, 7) is 2.29. The van der Waals surface area contributed by atoms with Crippen molar-refractivity contribution in [2.45, 2.75) is 13.0 Å². The molecule has 0 saturated heterocycles. The Hall–Kier alpha value is -3.54. The third-order valence-corrected chi connectivity index (χ3v) is 3.61. The van der Waals surface area contributed by atoms with Crippen molar-refractivity contribution >= 4 is 5.97 Å². The Labute approximate surface area is 157 Å². The van der Waals surface area contributed by atoms with E-state index in [1.807, 2.05) is 19.1 Å². The molecular formula is C21H19NO5. The lowest BCUT2D eigenvalue weighted by Gasteiger charge is -2.15. The van der Waals surface area contributed by atoms with Crippen LogP contribution < -0.4 is 14.2 Å². The average molecular weight is 365 g/mol. The van der Waals surface area contributed by atoms with Crippen LogP contribution in [0, 0.1) is 0 Å². The summed E-state index contributed by atoms with van der Waals surface area (Å²) in [6.07, 6.45) is 1.53. The molecule has 0 spiro atoms. The molecule has 1 heterocycles. The van der Waals surface area contributed by atoms with Crippen molar-refractivity contribution in [1.29, 1.82) is 0 Å². The molecule has 0 aliphatic heterocycles. The van der Waals surface area contributed by atoms with Crippen LogP contribution in [0.2, 0.25) is 0 Å². The lowest BCUT2D eigenvalue weighted by molar-refractivity contribution is 0.0697. The Morgan fingerprint density at radius 3 is 2.19 bits per heavy atom. The highest BCUT2D eigenvalue weighted by atomic mass is 16.5. The predicted molar refractivity (Wildman–Crippen MR) is 99.7 cm³/mol. The van der Waals surface area contributed by atoms with Gasteiger partial charge in [0.2, 0.25) is 5.88 Å². The van der Waals surface area contributed by atoms with E-state index < -0.39 is 5.97 Å². The van der Waals surface area contributed by atoms with Gasteiger partial charge in [0, 0.05) is 12.3 Å². The molecule has 3 aromatic rings. The van der Waals surface area contributed by atoms with Crippen LogP contribution in [0.15, 0.2) is 72.9 Å². The van der Waals surface area contributed by atoms with Gasteiger partial charge in [-0.25, -0.2) is 9.78 Å². The minimum atomic E-state index is -0.968. The lowest BCUT2D eigenvalue weighted by atomic mass is 10.2. The van der Waals surface area contributed by atoms with Crippen LogP contribution in [-0.2, 0) is 0 Å². The summed E-state index contributed by atoms with van der Waals surface area (Å²) in [7, 11) is 0. The van der Waals surface area contributed by atoms with Gasteiger partial charge < -0.3 is 19.3 Å². The predicted octanol–water partition coefficient (Wildman–Crippen LogP) is 4.42. The van der Waals surface area contributed by atoms with Gasteiger partial charge in [-0.15, -0.1) is 0 Å². The molecule has 0 radical (unpaired) electrons. The number of aromatic carboxylic acids is 1. The Morgan fingerprint density at radius 2 is 1.59 bits per heavy atom. The summed E-state index contributed by atoms with van der Waals surface area (Å²) in [5.74, 6) is 1.48. The highest BCUT2D eigenvalue weighted by Gasteiger charge is 2.07. The number of carboxylic acids is 1. The van der Waals surface area contributed by atoms with E-state index in [1.54, 1.807) is 48.7 Å². The maximum atomic E-state index is 10.9. The van der Waals surface area contributed by atoms with E-state index in [2.05, 4.69) is 4.98 Å². The number of aromatic nitrogens is 1. The highest BCUT2D eigenvalue weighted by molar-refractivity contribution is 5.87. The molecule has 0 amide bonds. The first-order chi connectivity index (χ1) is 13.1. The van der Waals surface area contributed by atoms with Crippen molar-refractivity contribution in [3.63, 3.8) is 0 Å². The molecule has 6 heteroatoms. The van der Waals surface area contributed by atoms with Crippen LogP contribution in [0.3, 0.4) is 0 Å². The second-order valence-electron chi connectivity index (χ2n) is 5.81. The number of carboxylic acid groups (broad SMARTS) is 1. The number of ether oxygens (including phenoxy) is 3. The molecule has 0 fully saturated rings. The zero-order chi connectivity index (χ0) is 19.1. The molecule has 0 aliphatic rings. The molecule has 0 aliphatic carbocycles. The minimum absolute atomic E-state index is 0.149. The topological polar surface area (TPSA) is 77.9 Å². The zero-order valence-electron chi connectivity index (χ0n) is 14.7. The van der Waals surface area contributed by atoms with Gasteiger partial charge in [0.1, 0.15) is 30.0 Å². The van der Waals surface area contributed by atoms with Gasteiger partial charge in [-0.1, -0.05) is 6.07 Å². The third-order valence-electron chi connectivity index (χ3n) is 3.61. The number of nitrogens with zero attached hydrogens (tertiary/aromatic N) is 1. The first-order valence-corrected chi connectivity index (χ1v) is 8.42. The fourth-order valence-corrected chi connectivity index (χ4v) is 2.28. The van der Waals surface area contributed by atoms with Crippen LogP contribution in [-0.4, -0.2) is 28.8 Å². The van der Waals surface area contributed by atoms with Crippen molar-refractivity contribution < 1.29 is 24.1 Å². The van der Waals surface area contributed by atoms with Crippen molar-refractivity contribution in [3.8, 4) is 23.1 Å². The number of rotatable bonds is 8. The molecule has 3 rings (SSSR count). The number of hydrogen-bond donors (Lipinski definition) is 1. The number of benzene rings is 2. The van der Waals surface area contributed by atoms with E-state index >= 15 is 0 Å². The molecule has 138 valence electrons. The summed E-state index contributed by atoms with van der Waals surface area (Å²) in [5.41, 5.74) is 0.216. The van der Waals surface area contributed by atoms with E-state index in [-0.39, 0.29) is 11.7 Å². The summed E-state index contributed by atoms with van der Waals surface area (Å²) in [6, 6.07) is 18.9. The standard InChI is InChI=1S/C21H19NO5/c1-15(26-20-4-2-3-13-22-20)14-25-17-9-11-19(12-10-17)27-18-7-5-16(6-8-18)21(23)24/h2-13,15H,14H2,1H3,(H,23,24). The first kappa shape index (κ1) is 18.3. The highest BCUT2D eigenvalue weighted by Crippen LogP contribution is 2.24. The second-order valence-corrected chi connectivity index (χ2v) is 5.81. The van der Waals surface area contributed by atoms with Gasteiger partial charge in [-0.05, 0) is 61.5 Å². The maximum absolute atomic E-state index is 10.9. The largest absolute Gasteiger partial charge is 0.490 e. The van der Waals surface area contributed by atoms with Gasteiger partial charge in [0.05, 0.1) is 5.56 Å². The van der Waals surface area contributed by atoms with Crippen LogP contribution in [0.1, 0.15) is 17.3 Å². The third kappa shape index (κ3) is 5.47. The van der Waals surface area contributed by atoms with Crippen molar-refractivity contribution in [1.82, 2.24) is 4.98 Å². The normalized spacial score (nSPS) is 11.4. The maximum Gasteiger partial charge on any atom is 0.335 e. The van der Waals surface area contributed by atoms with Crippen molar-refractivity contribution in [2.75, 3.05) is 6.61 Å². The monoisotopic (exact) mass is 365 g/mol. The summed E-state index contributed by atoms with van der Waals surface area (Å²) >= 11 is 0. The molecule has 1 N–H and O–H groups in total. The Kier molecular flexibility index (Phi) is 5.89. The Morgan fingerprint density at radius 1 is 0.963 bits per heavy atom. The molecule has 1 unspecified atom stereocenters. The zero-order valence-corrected chi connectivity index (χ0v) is 14.7. The van der Waals surface area contributed by atoms with Crippen molar-refractivity contribution in [3.05, 3.63) is 78.5 Å². The van der Waals surface area contributed by atoms with Crippen LogP contribution >= 0.6 is 0 Å². The molecule has 6 nitrogen and oxygen atoms in total. The fourth-order valence-electron chi connectivity index (χ4n) is 2.28. The average Bonchev–Trinajstić information content (AvgIpc) is 2.69. The van der Waals surface area contributed by atoms with Gasteiger partial charge in [0.25, 0.3) is 0 Å². The molecule has 27 heavy (non-hydrogen) atoms. The van der Waals surface area contributed by atoms with Crippen molar-refractivity contribution in [2.24, 2.45) is 0 Å². The van der Waals surface area contributed by atoms with Gasteiger partial charge in [-0.2, -0.15) is 0 Å². The van der Waals surface area contributed by atoms with E-state index in [0.29, 0.717) is 29.7 Å². The van der Waals surface area contributed by atoms with E-state index in [9.17, 15) is 4.79 Å². The molecule has 1 aromatic heterocycles. The van der Waals surface area contributed by atoms with E-state index in [0.717, 1.165) is 0 Å². The lowest BCUT2D eigenvalue weighted by Crippen LogP contribution is -2.21. The minimum Gasteiger partial charge on any atom is -0.490 e. The number of hydrogen-bond acceptors (Lipinski definition) is 5. The molecule has 0 saturated carbocycles. The molecule has 2 aromatic carbocycles. The van der Waals surface area contributed by atoms with Gasteiger partial charge >= 0.3 is 5.97 Å². The smallest absolute Gasteiger partial charge is 0.335 e. The molecule has 1 atom stereocenters. The number of carbonyl (C=O) groups is 1. The summed E-state index contributed by atoms with van der Waals surface area (Å²) < 4.78 is 17.1. The van der Waals surface area contributed by atoms with E-state index in [4.69, 9.17) is 19.3 Å². The van der Waals surface area contributed by atoms with Crippen LogP contribution in [0.25, 0.3) is 0 Å². The van der Waals surface area contributed by atoms with Crippen LogP contribution in [0.5, 0.6) is 23.1 Å². The second kappa shape index (κ2) is 8.71. The SMILES string of the molecule is CC(COc1ccc(Oc2ccc(C(=O)O)cc2)cc1)Oc1ccccn1. The Bertz CT molecular complexity index is 863. The number of pyridine rings is 1. The first-order valence-electron chi connectivity index (χ1n) is 8.42. The van der Waals surface area contributed by atoms with Gasteiger partial charge in [-0.3, -0.25) is 0 Å². The molecular weight excluding hydrogens is 346 g/mol. The fraction of sp³-hybridized carbons (Fsp3) is 0.143. The summed E-state index contributed by atoms with van der Waals surface area (Å²) in [5, 5.41) is 8.90. The van der Waals surface area contributed by atoms with Gasteiger partial charge in [0.15, 0.2) is 0 Å². The molecule has 0 bridgehead atoms. The quantitative estimate of drug-likeness (QED) is 0.637. The van der Waals surface area contributed by atoms with E-state index in [1.165, 1.54) is 12.1 Å².